The molecule has 25 heavy (non-hydrogen) atoms. The summed E-state index contributed by atoms with van der Waals surface area (Å²) < 4.78 is 35.1. The van der Waals surface area contributed by atoms with Gasteiger partial charge in [-0.25, -0.2) is 13.2 Å². The molecule has 0 radical (unpaired) electrons. The van der Waals surface area contributed by atoms with E-state index < -0.39 is 33.5 Å². The quantitative estimate of drug-likeness (QED) is 0.759. The molecule has 0 bridgehead atoms. The minimum Gasteiger partial charge on any atom is -0.493 e. The van der Waals surface area contributed by atoms with Gasteiger partial charge in [-0.15, -0.1) is 0 Å². The average molecular weight is 371 g/mol. The molecule has 1 amide bonds. The topological polar surface area (TPSA) is 110 Å². The molecule has 0 saturated carbocycles. The molecule has 1 aromatic carbocycles. The van der Waals surface area contributed by atoms with Crippen molar-refractivity contribution in [3.8, 4) is 11.5 Å². The summed E-state index contributed by atoms with van der Waals surface area (Å²) in [5.41, 5.74) is 0. The first-order valence-corrected chi connectivity index (χ1v) is 9.42. The highest BCUT2D eigenvalue weighted by Crippen LogP contribution is 2.30. The van der Waals surface area contributed by atoms with E-state index in [0.717, 1.165) is 0 Å². The Bertz CT molecular complexity index is 760. The molecule has 9 heteroatoms. The lowest BCUT2D eigenvalue weighted by molar-refractivity contribution is -0.148. The van der Waals surface area contributed by atoms with Crippen LogP contribution in [0.5, 0.6) is 11.5 Å². The van der Waals surface area contributed by atoms with Gasteiger partial charge >= 0.3 is 5.97 Å². The van der Waals surface area contributed by atoms with Crippen molar-refractivity contribution < 1.29 is 32.6 Å². The molecule has 1 fully saturated rings. The molecule has 0 aliphatic carbocycles. The number of ether oxygens (including phenoxy) is 2. The van der Waals surface area contributed by atoms with E-state index in [9.17, 15) is 18.0 Å². The Labute approximate surface area is 146 Å². The second-order valence-electron chi connectivity index (χ2n) is 5.67. The first-order valence-electron chi connectivity index (χ1n) is 7.77. The van der Waals surface area contributed by atoms with Crippen LogP contribution in [0.15, 0.2) is 23.1 Å². The SMILES string of the molecule is COc1ccc(S(=O)(=O)CCC(=O)N2CCC[C@@H]2C(=O)O)cc1OC. The summed E-state index contributed by atoms with van der Waals surface area (Å²) in [6.07, 6.45) is 0.731. The molecule has 8 nitrogen and oxygen atoms in total. The van der Waals surface area contributed by atoms with Gasteiger partial charge in [-0.05, 0) is 25.0 Å². The molecule has 1 aromatic rings. The summed E-state index contributed by atoms with van der Waals surface area (Å²) in [5, 5.41) is 9.11. The van der Waals surface area contributed by atoms with Crippen molar-refractivity contribution in [2.24, 2.45) is 0 Å². The van der Waals surface area contributed by atoms with Gasteiger partial charge in [0.1, 0.15) is 6.04 Å². The molecule has 0 aromatic heterocycles. The van der Waals surface area contributed by atoms with Gasteiger partial charge in [0.2, 0.25) is 5.91 Å². The number of likely N-dealkylation sites (tertiary alicyclic amines) is 1. The van der Waals surface area contributed by atoms with Crippen LogP contribution in [-0.2, 0) is 19.4 Å². The van der Waals surface area contributed by atoms with E-state index in [0.29, 0.717) is 25.1 Å². The van der Waals surface area contributed by atoms with Crippen LogP contribution in [-0.4, -0.2) is 62.9 Å². The van der Waals surface area contributed by atoms with Gasteiger partial charge in [0.05, 0.1) is 24.9 Å². The van der Waals surface area contributed by atoms with Crippen molar-refractivity contribution in [1.29, 1.82) is 0 Å². The Balaban J connectivity index is 2.09. The molecule has 2 rings (SSSR count). The number of nitrogens with zero attached hydrogens (tertiary/aromatic N) is 1. The fourth-order valence-corrected chi connectivity index (χ4v) is 4.06. The summed E-state index contributed by atoms with van der Waals surface area (Å²) >= 11 is 0. The fraction of sp³-hybridized carbons (Fsp3) is 0.500. The lowest BCUT2D eigenvalue weighted by atomic mass is 10.2. The zero-order valence-corrected chi connectivity index (χ0v) is 14.9. The molecule has 1 aliphatic rings. The van der Waals surface area contributed by atoms with Crippen molar-refractivity contribution in [2.75, 3.05) is 26.5 Å². The number of aliphatic carboxylic acids is 1. The number of carbonyl (C=O) groups is 2. The van der Waals surface area contributed by atoms with Gasteiger partial charge in [-0.1, -0.05) is 0 Å². The monoisotopic (exact) mass is 371 g/mol. The normalized spacial score (nSPS) is 17.4. The summed E-state index contributed by atoms with van der Waals surface area (Å²) in [6, 6.07) is 3.34. The lowest BCUT2D eigenvalue weighted by Gasteiger charge is -2.21. The van der Waals surface area contributed by atoms with Gasteiger partial charge in [0.25, 0.3) is 0 Å². The summed E-state index contributed by atoms with van der Waals surface area (Å²) in [6.45, 7) is 0.339. The number of carbonyl (C=O) groups excluding carboxylic acids is 1. The first-order chi connectivity index (χ1) is 11.8. The zero-order chi connectivity index (χ0) is 18.6. The molecule has 1 N–H and O–H groups in total. The van der Waals surface area contributed by atoms with E-state index in [1.54, 1.807) is 0 Å². The molecule has 1 saturated heterocycles. The van der Waals surface area contributed by atoms with Crippen molar-refractivity contribution in [3.63, 3.8) is 0 Å². The van der Waals surface area contributed by atoms with Crippen molar-refractivity contribution >= 4 is 21.7 Å². The van der Waals surface area contributed by atoms with Crippen LogP contribution in [0.25, 0.3) is 0 Å². The van der Waals surface area contributed by atoms with Crippen LogP contribution in [0.2, 0.25) is 0 Å². The molecule has 1 heterocycles. The maximum Gasteiger partial charge on any atom is 0.326 e. The van der Waals surface area contributed by atoms with Crippen LogP contribution >= 0.6 is 0 Å². The van der Waals surface area contributed by atoms with Gasteiger partial charge in [0, 0.05) is 19.0 Å². The number of hydrogen-bond acceptors (Lipinski definition) is 6. The Morgan fingerprint density at radius 3 is 2.52 bits per heavy atom. The van der Waals surface area contributed by atoms with E-state index >= 15 is 0 Å². The Morgan fingerprint density at radius 1 is 1.24 bits per heavy atom. The highest BCUT2D eigenvalue weighted by atomic mass is 32.2. The number of sulfone groups is 1. The fourth-order valence-electron chi connectivity index (χ4n) is 2.82. The maximum absolute atomic E-state index is 12.5. The Kier molecular flexibility index (Phi) is 5.89. The highest BCUT2D eigenvalue weighted by molar-refractivity contribution is 7.91. The third-order valence-electron chi connectivity index (χ3n) is 4.16. The zero-order valence-electron chi connectivity index (χ0n) is 14.1. The van der Waals surface area contributed by atoms with Crippen molar-refractivity contribution in [3.05, 3.63) is 18.2 Å². The van der Waals surface area contributed by atoms with E-state index in [1.807, 2.05) is 0 Å². The van der Waals surface area contributed by atoms with Crippen molar-refractivity contribution in [1.82, 2.24) is 4.90 Å². The average Bonchev–Trinajstić information content (AvgIpc) is 3.09. The number of methoxy groups -OCH3 is 2. The predicted octanol–water partition coefficient (Wildman–Crippen LogP) is 0.943. The number of benzene rings is 1. The summed E-state index contributed by atoms with van der Waals surface area (Å²) in [4.78, 5) is 24.6. The molecule has 1 aliphatic heterocycles. The number of hydrogen-bond donors (Lipinski definition) is 1. The van der Waals surface area contributed by atoms with Crippen LogP contribution in [0.1, 0.15) is 19.3 Å². The van der Waals surface area contributed by atoms with Gasteiger partial charge in [-0.3, -0.25) is 4.79 Å². The molecule has 0 spiro atoms. The minimum absolute atomic E-state index is 0.0224. The van der Waals surface area contributed by atoms with Gasteiger partial charge in [-0.2, -0.15) is 0 Å². The van der Waals surface area contributed by atoms with Gasteiger partial charge in [0.15, 0.2) is 21.3 Å². The van der Waals surface area contributed by atoms with Crippen LogP contribution in [0.3, 0.4) is 0 Å². The number of amides is 1. The molecule has 0 unspecified atom stereocenters. The molecular weight excluding hydrogens is 350 g/mol. The third-order valence-corrected chi connectivity index (χ3v) is 5.87. The van der Waals surface area contributed by atoms with Crippen LogP contribution in [0, 0.1) is 0 Å². The Morgan fingerprint density at radius 2 is 1.92 bits per heavy atom. The van der Waals surface area contributed by atoms with E-state index in [-0.39, 0.29) is 17.1 Å². The summed E-state index contributed by atoms with van der Waals surface area (Å²) in [5.74, 6) is -1.24. The van der Waals surface area contributed by atoms with E-state index in [1.165, 1.54) is 37.3 Å². The van der Waals surface area contributed by atoms with Crippen LogP contribution < -0.4 is 9.47 Å². The lowest BCUT2D eigenvalue weighted by Crippen LogP contribution is -2.40. The highest BCUT2D eigenvalue weighted by Gasteiger charge is 2.34. The summed E-state index contributed by atoms with van der Waals surface area (Å²) in [7, 11) is -0.867. The molecule has 1 atom stereocenters. The second-order valence-corrected chi connectivity index (χ2v) is 7.78. The third kappa shape index (κ3) is 4.22. The van der Waals surface area contributed by atoms with E-state index in [4.69, 9.17) is 14.6 Å². The van der Waals surface area contributed by atoms with Gasteiger partial charge < -0.3 is 19.5 Å². The number of carboxylic acid groups (broad SMARTS) is 1. The number of rotatable bonds is 7. The minimum atomic E-state index is -3.71. The Hall–Kier alpha value is -2.29. The smallest absolute Gasteiger partial charge is 0.326 e. The van der Waals surface area contributed by atoms with Crippen molar-refractivity contribution in [2.45, 2.75) is 30.2 Å². The standard InChI is InChI=1S/C16H21NO7S/c1-23-13-6-5-11(10-14(13)24-2)25(21,22)9-7-15(18)17-8-3-4-12(17)16(19)20/h5-6,10,12H,3-4,7-9H2,1-2H3,(H,19,20)/t12-/m1/s1. The van der Waals surface area contributed by atoms with Crippen LogP contribution in [0.4, 0.5) is 0 Å². The first kappa shape index (κ1) is 19.0. The van der Waals surface area contributed by atoms with E-state index in [2.05, 4.69) is 0 Å². The number of carboxylic acids is 1. The predicted molar refractivity (Wildman–Crippen MR) is 88.6 cm³/mol. The largest absolute Gasteiger partial charge is 0.493 e. The second kappa shape index (κ2) is 7.73. The molecule has 138 valence electrons. The molecular formula is C16H21NO7S. The maximum atomic E-state index is 12.5.